The molecule has 19 heavy (non-hydrogen) atoms. The maximum Gasteiger partial charge on any atom is 0.240 e. The molecule has 0 aliphatic carbocycles. The molecule has 1 aromatic carbocycles. The maximum absolute atomic E-state index is 11.9. The molecule has 0 amide bonds. The van der Waals surface area contributed by atoms with Crippen LogP contribution in [-0.4, -0.2) is 26.2 Å². The lowest BCUT2D eigenvalue weighted by Crippen LogP contribution is -2.32. The highest BCUT2D eigenvalue weighted by Crippen LogP contribution is 2.20. The van der Waals surface area contributed by atoms with Gasteiger partial charge in [-0.3, -0.25) is 0 Å². The summed E-state index contributed by atoms with van der Waals surface area (Å²) in [6.45, 7) is 1.85. The van der Waals surface area contributed by atoms with Gasteiger partial charge in [0.2, 0.25) is 10.0 Å². The smallest absolute Gasteiger partial charge is 0.240 e. The molecule has 0 fully saturated rings. The van der Waals surface area contributed by atoms with E-state index in [9.17, 15) is 13.5 Å². The Morgan fingerprint density at radius 2 is 2.21 bits per heavy atom. The summed E-state index contributed by atoms with van der Waals surface area (Å²) in [6.07, 6.45) is 0.580. The number of aliphatic hydroxyl groups excluding tert-OH is 1. The van der Waals surface area contributed by atoms with E-state index in [1.807, 2.05) is 13.0 Å². The van der Waals surface area contributed by atoms with E-state index in [4.69, 9.17) is 16.9 Å². The van der Waals surface area contributed by atoms with Crippen molar-refractivity contribution in [1.82, 2.24) is 4.72 Å². The fourth-order valence-electron chi connectivity index (χ4n) is 1.48. The van der Waals surface area contributed by atoms with Gasteiger partial charge in [-0.1, -0.05) is 24.9 Å². The molecule has 1 rings (SSSR count). The molecule has 0 radical (unpaired) electrons. The minimum absolute atomic E-state index is 0.0276. The van der Waals surface area contributed by atoms with Crippen LogP contribution in [0.5, 0.6) is 0 Å². The number of nitrogens with one attached hydrogen (secondary N) is 1. The van der Waals surface area contributed by atoms with Crippen LogP contribution in [0.2, 0.25) is 5.02 Å². The third-order valence-corrected chi connectivity index (χ3v) is 4.24. The largest absolute Gasteiger partial charge is 0.392 e. The van der Waals surface area contributed by atoms with Crippen LogP contribution < -0.4 is 4.72 Å². The van der Waals surface area contributed by atoms with Gasteiger partial charge in [-0.2, -0.15) is 5.26 Å². The number of nitrogens with zero attached hydrogens (tertiary/aromatic N) is 1. The molecule has 1 aromatic rings. The third-order valence-electron chi connectivity index (χ3n) is 2.50. The summed E-state index contributed by atoms with van der Waals surface area (Å²) in [4.78, 5) is -0.0276. The third kappa shape index (κ3) is 4.48. The molecule has 1 unspecified atom stereocenters. The number of halogens is 1. The van der Waals surface area contributed by atoms with Crippen LogP contribution in [0.3, 0.4) is 0 Å². The number of rotatable bonds is 6. The van der Waals surface area contributed by atoms with Crippen molar-refractivity contribution in [2.24, 2.45) is 0 Å². The van der Waals surface area contributed by atoms with Crippen molar-refractivity contribution in [2.75, 3.05) is 6.54 Å². The van der Waals surface area contributed by atoms with Crippen molar-refractivity contribution in [3.05, 3.63) is 28.8 Å². The van der Waals surface area contributed by atoms with Gasteiger partial charge in [0.15, 0.2) is 0 Å². The van der Waals surface area contributed by atoms with E-state index in [0.717, 1.165) is 6.42 Å². The summed E-state index contributed by atoms with van der Waals surface area (Å²) in [6, 6.07) is 5.72. The quantitative estimate of drug-likeness (QED) is 0.836. The first kappa shape index (κ1) is 15.9. The highest BCUT2D eigenvalue weighted by Gasteiger charge is 2.16. The van der Waals surface area contributed by atoms with E-state index in [1.165, 1.54) is 18.2 Å². The lowest BCUT2D eigenvalue weighted by molar-refractivity contribution is 0.167. The van der Waals surface area contributed by atoms with Gasteiger partial charge in [-0.25, -0.2) is 13.1 Å². The SMILES string of the molecule is CCCC(O)CNS(=O)(=O)c1ccc(C#N)c(Cl)c1. The minimum atomic E-state index is -3.72. The summed E-state index contributed by atoms with van der Waals surface area (Å²) >= 11 is 5.78. The Labute approximate surface area is 117 Å². The second-order valence-corrected chi connectivity index (χ2v) is 6.22. The summed E-state index contributed by atoms with van der Waals surface area (Å²) in [5.74, 6) is 0. The molecule has 0 aromatic heterocycles. The van der Waals surface area contributed by atoms with Crippen LogP contribution in [-0.2, 0) is 10.0 Å². The normalized spacial score (nSPS) is 12.9. The predicted molar refractivity (Wildman–Crippen MR) is 72.3 cm³/mol. The van der Waals surface area contributed by atoms with Gasteiger partial charge < -0.3 is 5.11 Å². The van der Waals surface area contributed by atoms with Gasteiger partial charge in [-0.15, -0.1) is 0 Å². The van der Waals surface area contributed by atoms with Crippen molar-refractivity contribution in [2.45, 2.75) is 30.8 Å². The number of hydrogen-bond donors (Lipinski definition) is 2. The fraction of sp³-hybridized carbons (Fsp3) is 0.417. The van der Waals surface area contributed by atoms with Gasteiger partial charge in [0.25, 0.3) is 0 Å². The van der Waals surface area contributed by atoms with E-state index >= 15 is 0 Å². The van der Waals surface area contributed by atoms with E-state index in [2.05, 4.69) is 4.72 Å². The van der Waals surface area contributed by atoms with Crippen molar-refractivity contribution < 1.29 is 13.5 Å². The second kappa shape index (κ2) is 6.87. The zero-order chi connectivity index (χ0) is 14.5. The van der Waals surface area contributed by atoms with Crippen molar-refractivity contribution >= 4 is 21.6 Å². The molecule has 0 saturated carbocycles. The molecule has 1 atom stereocenters. The monoisotopic (exact) mass is 302 g/mol. The maximum atomic E-state index is 11.9. The molecular formula is C12H15ClN2O3S. The first-order chi connectivity index (χ1) is 8.90. The zero-order valence-electron chi connectivity index (χ0n) is 10.4. The summed E-state index contributed by atoms with van der Waals surface area (Å²) in [5, 5.41) is 18.3. The molecule has 0 aliphatic heterocycles. The van der Waals surface area contributed by atoms with E-state index < -0.39 is 16.1 Å². The van der Waals surface area contributed by atoms with E-state index in [0.29, 0.717) is 6.42 Å². The van der Waals surface area contributed by atoms with Gasteiger partial charge in [-0.05, 0) is 24.6 Å². The summed E-state index contributed by atoms with van der Waals surface area (Å²) in [5.41, 5.74) is 0.214. The topological polar surface area (TPSA) is 90.2 Å². The average Bonchev–Trinajstić information content (AvgIpc) is 2.37. The van der Waals surface area contributed by atoms with Gasteiger partial charge in [0.05, 0.1) is 21.6 Å². The number of benzene rings is 1. The number of nitriles is 1. The predicted octanol–water partition coefficient (Wildman–Crippen LogP) is 1.65. The Hall–Kier alpha value is -1.13. The van der Waals surface area contributed by atoms with E-state index in [-0.39, 0.29) is 22.0 Å². The van der Waals surface area contributed by atoms with Crippen LogP contribution in [0.1, 0.15) is 25.3 Å². The lowest BCUT2D eigenvalue weighted by atomic mass is 10.2. The first-order valence-corrected chi connectivity index (χ1v) is 7.64. The zero-order valence-corrected chi connectivity index (χ0v) is 12.0. The highest BCUT2D eigenvalue weighted by molar-refractivity contribution is 7.89. The molecule has 0 bridgehead atoms. The fourth-order valence-corrected chi connectivity index (χ4v) is 2.86. The molecule has 7 heteroatoms. The molecule has 2 N–H and O–H groups in total. The van der Waals surface area contributed by atoms with Crippen LogP contribution in [0.4, 0.5) is 0 Å². The van der Waals surface area contributed by atoms with Crippen molar-refractivity contribution in [3.8, 4) is 6.07 Å². The Kier molecular flexibility index (Phi) is 5.76. The molecule has 5 nitrogen and oxygen atoms in total. The molecular weight excluding hydrogens is 288 g/mol. The Balaban J connectivity index is 2.84. The first-order valence-electron chi connectivity index (χ1n) is 5.78. The van der Waals surface area contributed by atoms with Crippen molar-refractivity contribution in [1.29, 1.82) is 5.26 Å². The molecule has 104 valence electrons. The summed E-state index contributed by atoms with van der Waals surface area (Å²) < 4.78 is 26.2. The Morgan fingerprint density at radius 1 is 1.53 bits per heavy atom. The van der Waals surface area contributed by atoms with Gasteiger partial charge in [0, 0.05) is 6.54 Å². The summed E-state index contributed by atoms with van der Waals surface area (Å²) in [7, 11) is -3.72. The van der Waals surface area contributed by atoms with Crippen LogP contribution in [0.25, 0.3) is 0 Å². The van der Waals surface area contributed by atoms with Crippen LogP contribution >= 0.6 is 11.6 Å². The number of hydrogen-bond acceptors (Lipinski definition) is 4. The second-order valence-electron chi connectivity index (χ2n) is 4.05. The minimum Gasteiger partial charge on any atom is -0.392 e. The number of sulfonamides is 1. The van der Waals surface area contributed by atoms with Gasteiger partial charge >= 0.3 is 0 Å². The molecule has 0 heterocycles. The highest BCUT2D eigenvalue weighted by atomic mass is 35.5. The van der Waals surface area contributed by atoms with Crippen LogP contribution in [0, 0.1) is 11.3 Å². The molecule has 0 spiro atoms. The molecule has 0 aliphatic rings. The Morgan fingerprint density at radius 3 is 2.74 bits per heavy atom. The number of aliphatic hydroxyl groups is 1. The van der Waals surface area contributed by atoms with Crippen LogP contribution in [0.15, 0.2) is 23.1 Å². The van der Waals surface area contributed by atoms with Gasteiger partial charge in [0.1, 0.15) is 6.07 Å². The average molecular weight is 303 g/mol. The standard InChI is InChI=1S/C12H15ClN2O3S/c1-2-3-10(16)8-15-19(17,18)11-5-4-9(7-14)12(13)6-11/h4-6,10,15-16H,2-3,8H2,1H3. The Bertz CT molecular complexity index is 581. The van der Waals surface area contributed by atoms with Crippen molar-refractivity contribution in [3.63, 3.8) is 0 Å². The molecule has 0 saturated heterocycles. The van der Waals surface area contributed by atoms with E-state index in [1.54, 1.807) is 0 Å². The lowest BCUT2D eigenvalue weighted by Gasteiger charge is -2.11.